The highest BCUT2D eigenvalue weighted by Crippen LogP contribution is 2.22. The van der Waals surface area contributed by atoms with E-state index in [1.54, 1.807) is 0 Å². The molecule has 164 valence electrons. The van der Waals surface area contributed by atoms with Crippen molar-refractivity contribution in [3.8, 4) is 5.75 Å². The molecule has 2 heterocycles. The molecule has 5 heteroatoms. The van der Waals surface area contributed by atoms with Crippen molar-refractivity contribution in [2.75, 3.05) is 32.8 Å². The number of hydrogen-bond acceptors (Lipinski definition) is 3. The molecule has 2 fully saturated rings. The third-order valence-corrected chi connectivity index (χ3v) is 6.41. The van der Waals surface area contributed by atoms with E-state index in [0.29, 0.717) is 12.5 Å². The number of hydrogen-bond donors (Lipinski definition) is 0. The van der Waals surface area contributed by atoms with Crippen LogP contribution < -0.4 is 4.74 Å². The van der Waals surface area contributed by atoms with Gasteiger partial charge in [-0.05, 0) is 74.9 Å². The summed E-state index contributed by atoms with van der Waals surface area (Å²) in [7, 11) is 0. The molecule has 0 N–H and O–H groups in total. The fourth-order valence-corrected chi connectivity index (χ4v) is 4.56. The lowest BCUT2D eigenvalue weighted by atomic mass is 9.97. The quantitative estimate of drug-likeness (QED) is 0.713. The summed E-state index contributed by atoms with van der Waals surface area (Å²) in [5, 5.41) is 0. The van der Waals surface area contributed by atoms with Gasteiger partial charge in [-0.15, -0.1) is 0 Å². The molecule has 5 nitrogen and oxygen atoms in total. The maximum absolute atomic E-state index is 12.9. The number of nitrogens with zero attached hydrogens (tertiary/aromatic N) is 2. The summed E-state index contributed by atoms with van der Waals surface area (Å²) < 4.78 is 6.02. The number of rotatable bonds is 5. The first-order valence-electron chi connectivity index (χ1n) is 11.5. The van der Waals surface area contributed by atoms with Gasteiger partial charge in [0.2, 0.25) is 0 Å². The molecule has 4 rings (SSSR count). The van der Waals surface area contributed by atoms with Gasteiger partial charge in [-0.3, -0.25) is 9.59 Å². The Balaban J connectivity index is 1.30. The van der Waals surface area contributed by atoms with Crippen LogP contribution in [0, 0.1) is 12.8 Å². The molecule has 0 bridgehead atoms. The lowest BCUT2D eigenvalue weighted by molar-refractivity contribution is 0.0632. The van der Waals surface area contributed by atoms with Gasteiger partial charge >= 0.3 is 0 Å². The van der Waals surface area contributed by atoms with Crippen molar-refractivity contribution in [1.29, 1.82) is 0 Å². The Kier molecular flexibility index (Phi) is 6.90. The summed E-state index contributed by atoms with van der Waals surface area (Å²) in [6.45, 7) is 5.80. The van der Waals surface area contributed by atoms with Crippen LogP contribution in [-0.4, -0.2) is 54.4 Å². The van der Waals surface area contributed by atoms with Crippen LogP contribution in [0.5, 0.6) is 5.75 Å². The summed E-state index contributed by atoms with van der Waals surface area (Å²) in [4.78, 5) is 29.4. The van der Waals surface area contributed by atoms with E-state index < -0.39 is 0 Å². The molecule has 31 heavy (non-hydrogen) atoms. The molecule has 2 amide bonds. The summed E-state index contributed by atoms with van der Waals surface area (Å²) in [6, 6.07) is 15.3. The molecule has 0 spiro atoms. The number of carbonyl (C=O) groups is 2. The maximum atomic E-state index is 12.9. The van der Waals surface area contributed by atoms with Crippen molar-refractivity contribution in [1.82, 2.24) is 9.80 Å². The first-order valence-corrected chi connectivity index (χ1v) is 11.5. The molecule has 0 saturated carbocycles. The Hall–Kier alpha value is -2.82. The van der Waals surface area contributed by atoms with Gasteiger partial charge in [-0.25, -0.2) is 0 Å². The van der Waals surface area contributed by atoms with E-state index in [1.807, 2.05) is 65.3 Å². The second-order valence-electron chi connectivity index (χ2n) is 8.76. The minimum atomic E-state index is 0.114. The summed E-state index contributed by atoms with van der Waals surface area (Å²) in [5.74, 6) is 1.32. The highest BCUT2D eigenvalue weighted by Gasteiger charge is 2.25. The van der Waals surface area contributed by atoms with Crippen molar-refractivity contribution >= 4 is 11.8 Å². The fraction of sp³-hybridized carbons (Fsp3) is 0.462. The highest BCUT2D eigenvalue weighted by molar-refractivity contribution is 5.95. The topological polar surface area (TPSA) is 49.9 Å². The first-order chi connectivity index (χ1) is 15.1. The molecular weight excluding hydrogens is 388 g/mol. The second-order valence-corrected chi connectivity index (χ2v) is 8.76. The normalized spacial score (nSPS) is 19.2. The van der Waals surface area contributed by atoms with Crippen molar-refractivity contribution < 1.29 is 14.3 Å². The number of carbonyl (C=O) groups excluding carboxylic acids is 2. The third-order valence-electron chi connectivity index (χ3n) is 6.41. The van der Waals surface area contributed by atoms with E-state index in [9.17, 15) is 9.59 Å². The molecule has 0 unspecified atom stereocenters. The molecule has 0 radical (unpaired) electrons. The Morgan fingerprint density at radius 1 is 0.871 bits per heavy atom. The zero-order valence-electron chi connectivity index (χ0n) is 18.4. The van der Waals surface area contributed by atoms with Crippen LogP contribution in [-0.2, 0) is 0 Å². The van der Waals surface area contributed by atoms with Crippen molar-refractivity contribution in [3.63, 3.8) is 0 Å². The van der Waals surface area contributed by atoms with Crippen LogP contribution in [0.1, 0.15) is 58.4 Å². The summed E-state index contributed by atoms with van der Waals surface area (Å²) in [5.41, 5.74) is 2.53. The van der Waals surface area contributed by atoms with E-state index in [4.69, 9.17) is 4.74 Å². The Morgan fingerprint density at radius 2 is 1.58 bits per heavy atom. The Labute approximate surface area is 185 Å². The standard InChI is InChI=1S/C26H32N2O3/c1-20-8-3-4-10-24(20)26(30)28-17-7-9-21(18-28)19-31-23-13-11-22(12-14-23)25(29)27-15-5-2-6-16-27/h3-4,8,10-14,21H,2,5-7,9,15-19H2,1H3/t21-/m0/s1. The number of ether oxygens (including phenoxy) is 1. The second kappa shape index (κ2) is 9.99. The molecule has 2 aromatic carbocycles. The summed E-state index contributed by atoms with van der Waals surface area (Å²) in [6.07, 6.45) is 5.46. The van der Waals surface area contributed by atoms with Crippen LogP contribution in [0.4, 0.5) is 0 Å². The Bertz CT molecular complexity index is 903. The monoisotopic (exact) mass is 420 g/mol. The molecule has 2 saturated heterocycles. The molecule has 2 aliphatic heterocycles. The molecule has 0 aromatic heterocycles. The van der Waals surface area contributed by atoms with Crippen molar-refractivity contribution in [3.05, 3.63) is 65.2 Å². The van der Waals surface area contributed by atoms with Gasteiger partial charge in [0, 0.05) is 43.2 Å². The predicted octanol–water partition coefficient (Wildman–Crippen LogP) is 4.55. The lowest BCUT2D eigenvalue weighted by Crippen LogP contribution is -2.41. The number of piperidine rings is 2. The summed E-state index contributed by atoms with van der Waals surface area (Å²) >= 11 is 0. The van der Waals surface area contributed by atoms with E-state index >= 15 is 0 Å². The van der Waals surface area contributed by atoms with Crippen LogP contribution in [0.15, 0.2) is 48.5 Å². The number of likely N-dealkylation sites (tertiary alicyclic amines) is 2. The molecule has 2 aliphatic rings. The van der Waals surface area contributed by atoms with Crippen LogP contribution in [0.2, 0.25) is 0 Å². The molecule has 2 aromatic rings. The lowest BCUT2D eigenvalue weighted by Gasteiger charge is -2.33. The van der Waals surface area contributed by atoms with Crippen LogP contribution in [0.25, 0.3) is 0 Å². The van der Waals surface area contributed by atoms with Crippen LogP contribution in [0.3, 0.4) is 0 Å². The minimum Gasteiger partial charge on any atom is -0.493 e. The van der Waals surface area contributed by atoms with E-state index in [-0.39, 0.29) is 11.8 Å². The van der Waals surface area contributed by atoms with Gasteiger partial charge in [0.15, 0.2) is 0 Å². The van der Waals surface area contributed by atoms with E-state index in [0.717, 1.165) is 74.3 Å². The van der Waals surface area contributed by atoms with Gasteiger partial charge < -0.3 is 14.5 Å². The van der Waals surface area contributed by atoms with Crippen LogP contribution >= 0.6 is 0 Å². The maximum Gasteiger partial charge on any atom is 0.254 e. The largest absolute Gasteiger partial charge is 0.493 e. The van der Waals surface area contributed by atoms with Crippen molar-refractivity contribution in [2.24, 2.45) is 5.92 Å². The third kappa shape index (κ3) is 5.27. The predicted molar refractivity (Wildman–Crippen MR) is 121 cm³/mol. The zero-order valence-corrected chi connectivity index (χ0v) is 18.4. The molecule has 1 atom stereocenters. The number of amides is 2. The van der Waals surface area contributed by atoms with E-state index in [2.05, 4.69) is 0 Å². The fourth-order valence-electron chi connectivity index (χ4n) is 4.56. The smallest absolute Gasteiger partial charge is 0.254 e. The number of benzene rings is 2. The van der Waals surface area contributed by atoms with Gasteiger partial charge in [0.05, 0.1) is 6.61 Å². The van der Waals surface area contributed by atoms with Gasteiger partial charge in [0.25, 0.3) is 11.8 Å². The SMILES string of the molecule is Cc1ccccc1C(=O)N1CCC[C@H](COc2ccc(C(=O)N3CCCCC3)cc2)C1. The van der Waals surface area contributed by atoms with E-state index in [1.165, 1.54) is 6.42 Å². The zero-order chi connectivity index (χ0) is 21.6. The Morgan fingerprint density at radius 3 is 2.32 bits per heavy atom. The average Bonchev–Trinajstić information content (AvgIpc) is 2.83. The molecular formula is C26H32N2O3. The average molecular weight is 421 g/mol. The molecule has 0 aliphatic carbocycles. The number of aryl methyl sites for hydroxylation is 1. The minimum absolute atomic E-state index is 0.114. The van der Waals surface area contributed by atoms with Gasteiger partial charge in [-0.2, -0.15) is 0 Å². The first kappa shape index (κ1) is 21.4. The van der Waals surface area contributed by atoms with Gasteiger partial charge in [0.1, 0.15) is 5.75 Å². The highest BCUT2D eigenvalue weighted by atomic mass is 16.5. The van der Waals surface area contributed by atoms with Crippen molar-refractivity contribution in [2.45, 2.75) is 39.0 Å². The van der Waals surface area contributed by atoms with Gasteiger partial charge in [-0.1, -0.05) is 18.2 Å².